The molecule has 1 N–H and O–H groups in total. The third kappa shape index (κ3) is 3.88. The molecule has 2 aliphatic heterocycles. The average molecular weight is 420 g/mol. The standard InChI is InChI=1S/C22H24N6O3/c1-28-14-4-5-15(28)11-16(10-14)31-20-8-7-18(26-27-20)17-6-3-13(9-19(17)29)21-23-12-24-22(25-21)30-2/h3,6-9,12,14-16,29H,4-5,10-11H2,1-2H3/t14-,15+,16?. The van der Waals surface area contributed by atoms with E-state index < -0.39 is 0 Å². The molecule has 0 aliphatic carbocycles. The van der Waals surface area contributed by atoms with Gasteiger partial charge in [-0.05, 0) is 50.9 Å². The maximum absolute atomic E-state index is 10.5. The Labute approximate surface area is 180 Å². The highest BCUT2D eigenvalue weighted by Crippen LogP contribution is 2.36. The number of phenols is 1. The van der Waals surface area contributed by atoms with E-state index in [4.69, 9.17) is 9.47 Å². The Hall–Kier alpha value is -3.33. The van der Waals surface area contributed by atoms with E-state index in [2.05, 4.69) is 37.1 Å². The Morgan fingerprint density at radius 3 is 2.52 bits per heavy atom. The molecule has 1 unspecified atom stereocenters. The zero-order valence-corrected chi connectivity index (χ0v) is 17.5. The molecule has 0 saturated carbocycles. The van der Waals surface area contributed by atoms with Crippen molar-refractivity contribution in [2.24, 2.45) is 0 Å². The van der Waals surface area contributed by atoms with Gasteiger partial charge in [-0.2, -0.15) is 9.97 Å². The first-order valence-electron chi connectivity index (χ1n) is 10.4. The predicted molar refractivity (Wildman–Crippen MR) is 113 cm³/mol. The number of methoxy groups -OCH3 is 1. The van der Waals surface area contributed by atoms with E-state index in [-0.39, 0.29) is 17.9 Å². The van der Waals surface area contributed by atoms with Gasteiger partial charge >= 0.3 is 6.01 Å². The number of hydrogen-bond acceptors (Lipinski definition) is 9. The first-order chi connectivity index (χ1) is 15.1. The normalized spacial score (nSPS) is 23.0. The van der Waals surface area contributed by atoms with E-state index in [0.717, 1.165) is 12.8 Å². The highest BCUT2D eigenvalue weighted by Gasteiger charge is 2.39. The van der Waals surface area contributed by atoms with Crippen molar-refractivity contribution >= 4 is 0 Å². The van der Waals surface area contributed by atoms with Crippen LogP contribution in [-0.4, -0.2) is 67.5 Å². The monoisotopic (exact) mass is 420 g/mol. The second-order valence-corrected chi connectivity index (χ2v) is 8.05. The molecule has 9 nitrogen and oxygen atoms in total. The molecule has 3 aromatic rings. The molecule has 0 amide bonds. The van der Waals surface area contributed by atoms with Gasteiger partial charge < -0.3 is 19.5 Å². The summed E-state index contributed by atoms with van der Waals surface area (Å²) in [6.45, 7) is 0. The van der Waals surface area contributed by atoms with Crippen molar-refractivity contribution in [2.45, 2.75) is 43.9 Å². The molecule has 2 saturated heterocycles. The fraction of sp³-hybridized carbons (Fsp3) is 0.409. The number of ether oxygens (including phenoxy) is 2. The van der Waals surface area contributed by atoms with Gasteiger partial charge in [-0.25, -0.2) is 4.98 Å². The summed E-state index contributed by atoms with van der Waals surface area (Å²) in [6.07, 6.45) is 6.10. The summed E-state index contributed by atoms with van der Waals surface area (Å²) in [6, 6.07) is 10.2. The molecule has 0 radical (unpaired) electrons. The van der Waals surface area contributed by atoms with Crippen LogP contribution in [0.4, 0.5) is 0 Å². The van der Waals surface area contributed by atoms with Gasteiger partial charge in [-0.15, -0.1) is 10.2 Å². The van der Waals surface area contributed by atoms with E-state index in [1.165, 1.54) is 26.3 Å². The van der Waals surface area contributed by atoms with Crippen molar-refractivity contribution in [1.29, 1.82) is 0 Å². The molecule has 2 aliphatic rings. The van der Waals surface area contributed by atoms with Crippen molar-refractivity contribution in [3.05, 3.63) is 36.7 Å². The molecule has 2 fully saturated rings. The van der Waals surface area contributed by atoms with Gasteiger partial charge in [0, 0.05) is 29.3 Å². The van der Waals surface area contributed by atoms with Crippen LogP contribution in [0.1, 0.15) is 25.7 Å². The van der Waals surface area contributed by atoms with Crippen LogP contribution in [0.3, 0.4) is 0 Å². The molecule has 0 spiro atoms. The van der Waals surface area contributed by atoms with Crippen LogP contribution in [0.5, 0.6) is 17.6 Å². The molecular weight excluding hydrogens is 396 g/mol. The summed E-state index contributed by atoms with van der Waals surface area (Å²) in [5, 5.41) is 19.1. The minimum absolute atomic E-state index is 0.0618. The Balaban J connectivity index is 1.30. The number of aromatic nitrogens is 5. The van der Waals surface area contributed by atoms with Crippen molar-refractivity contribution < 1.29 is 14.6 Å². The maximum Gasteiger partial charge on any atom is 0.319 e. The highest BCUT2D eigenvalue weighted by atomic mass is 16.5. The summed E-state index contributed by atoms with van der Waals surface area (Å²) < 4.78 is 11.1. The number of hydrogen-bond donors (Lipinski definition) is 1. The van der Waals surface area contributed by atoms with Crippen LogP contribution in [0.2, 0.25) is 0 Å². The van der Waals surface area contributed by atoms with Gasteiger partial charge in [0.2, 0.25) is 5.88 Å². The number of aromatic hydroxyl groups is 1. The summed E-state index contributed by atoms with van der Waals surface area (Å²) in [5.41, 5.74) is 1.78. The lowest BCUT2D eigenvalue weighted by Crippen LogP contribution is -2.43. The highest BCUT2D eigenvalue weighted by molar-refractivity contribution is 5.71. The van der Waals surface area contributed by atoms with Crippen molar-refractivity contribution in [3.8, 4) is 40.3 Å². The summed E-state index contributed by atoms with van der Waals surface area (Å²) in [7, 11) is 3.70. The minimum Gasteiger partial charge on any atom is -0.507 e. The minimum atomic E-state index is 0.0618. The van der Waals surface area contributed by atoms with Crippen LogP contribution in [-0.2, 0) is 0 Å². The Morgan fingerprint density at radius 1 is 1.03 bits per heavy atom. The van der Waals surface area contributed by atoms with Crippen molar-refractivity contribution in [1.82, 2.24) is 30.0 Å². The molecule has 3 atom stereocenters. The molecule has 2 bridgehead atoms. The predicted octanol–water partition coefficient (Wildman–Crippen LogP) is 2.71. The van der Waals surface area contributed by atoms with Crippen LogP contribution in [0.25, 0.3) is 22.6 Å². The van der Waals surface area contributed by atoms with Crippen LogP contribution < -0.4 is 9.47 Å². The van der Waals surface area contributed by atoms with E-state index >= 15 is 0 Å². The van der Waals surface area contributed by atoms with E-state index in [1.54, 1.807) is 12.1 Å². The number of nitrogens with zero attached hydrogens (tertiary/aromatic N) is 6. The Bertz CT molecular complexity index is 1060. The maximum atomic E-state index is 10.5. The number of fused-ring (bicyclic) bond motifs is 2. The van der Waals surface area contributed by atoms with Gasteiger partial charge in [-0.3, -0.25) is 0 Å². The van der Waals surface area contributed by atoms with Crippen LogP contribution in [0, 0.1) is 0 Å². The lowest BCUT2D eigenvalue weighted by atomic mass is 10.0. The van der Waals surface area contributed by atoms with Gasteiger partial charge in [-0.1, -0.05) is 6.07 Å². The Morgan fingerprint density at radius 2 is 1.84 bits per heavy atom. The molecule has 9 heteroatoms. The van der Waals surface area contributed by atoms with Crippen LogP contribution >= 0.6 is 0 Å². The number of phenolic OH excluding ortho intramolecular Hbond substituents is 1. The second kappa shape index (κ2) is 8.07. The van der Waals surface area contributed by atoms with E-state index in [1.807, 2.05) is 18.2 Å². The molecule has 31 heavy (non-hydrogen) atoms. The van der Waals surface area contributed by atoms with E-state index in [0.29, 0.717) is 40.6 Å². The topological polar surface area (TPSA) is 106 Å². The van der Waals surface area contributed by atoms with Crippen molar-refractivity contribution in [3.63, 3.8) is 0 Å². The largest absolute Gasteiger partial charge is 0.507 e. The second-order valence-electron chi connectivity index (χ2n) is 8.05. The lowest BCUT2D eigenvalue weighted by Gasteiger charge is -2.35. The third-order valence-electron chi connectivity index (χ3n) is 6.25. The average Bonchev–Trinajstić information content (AvgIpc) is 3.00. The molecule has 5 rings (SSSR count). The first kappa shape index (κ1) is 19.6. The molecule has 160 valence electrons. The van der Waals surface area contributed by atoms with Gasteiger partial charge in [0.05, 0.1) is 12.8 Å². The summed E-state index contributed by atoms with van der Waals surface area (Å²) in [4.78, 5) is 14.7. The quantitative estimate of drug-likeness (QED) is 0.667. The van der Waals surface area contributed by atoms with Gasteiger partial charge in [0.15, 0.2) is 5.82 Å². The van der Waals surface area contributed by atoms with Gasteiger partial charge in [0.25, 0.3) is 0 Å². The molecule has 1 aromatic carbocycles. The Kier molecular flexibility index (Phi) is 5.11. The smallest absolute Gasteiger partial charge is 0.319 e. The first-order valence-corrected chi connectivity index (χ1v) is 10.4. The number of benzene rings is 1. The zero-order valence-electron chi connectivity index (χ0n) is 17.5. The summed E-state index contributed by atoms with van der Waals surface area (Å²) >= 11 is 0. The van der Waals surface area contributed by atoms with Crippen molar-refractivity contribution in [2.75, 3.05) is 14.2 Å². The molecule has 2 aromatic heterocycles. The molecule has 4 heterocycles. The number of piperidine rings is 1. The third-order valence-corrected chi connectivity index (χ3v) is 6.25. The fourth-order valence-electron chi connectivity index (χ4n) is 4.56. The zero-order chi connectivity index (χ0) is 21.4. The fourth-order valence-corrected chi connectivity index (χ4v) is 4.56. The van der Waals surface area contributed by atoms with Crippen LogP contribution in [0.15, 0.2) is 36.7 Å². The lowest BCUT2D eigenvalue weighted by molar-refractivity contribution is 0.0626. The molecular formula is C22H24N6O3. The van der Waals surface area contributed by atoms with Gasteiger partial charge in [0.1, 0.15) is 18.2 Å². The number of rotatable bonds is 5. The SMILES string of the molecule is COc1ncnc(-c2ccc(-c3ccc(OC4C[C@H]5CC[C@@H](C4)N5C)nn3)c(O)c2)n1. The summed E-state index contributed by atoms with van der Waals surface area (Å²) in [5.74, 6) is 0.994. The van der Waals surface area contributed by atoms with E-state index in [9.17, 15) is 5.11 Å².